The summed E-state index contributed by atoms with van der Waals surface area (Å²) in [6, 6.07) is 19.6. The Kier molecular flexibility index (Phi) is 6.06. The zero-order valence-electron chi connectivity index (χ0n) is 16.5. The van der Waals surface area contributed by atoms with Crippen LogP contribution in [0.2, 0.25) is 0 Å². The molecular weight excluding hydrogens is 350 g/mol. The molecule has 3 aromatic rings. The molecule has 0 radical (unpaired) electrons. The lowest BCUT2D eigenvalue weighted by Gasteiger charge is -2.18. The van der Waals surface area contributed by atoms with Crippen molar-refractivity contribution in [3.63, 3.8) is 0 Å². The summed E-state index contributed by atoms with van der Waals surface area (Å²) in [4.78, 5) is 26.5. The van der Waals surface area contributed by atoms with Crippen LogP contribution < -0.4 is 10.6 Å². The number of nitrogens with one attached hydrogen (secondary N) is 2. The van der Waals surface area contributed by atoms with Crippen LogP contribution in [0.5, 0.6) is 0 Å². The van der Waals surface area contributed by atoms with E-state index in [4.69, 9.17) is 0 Å². The van der Waals surface area contributed by atoms with Crippen LogP contribution in [-0.2, 0) is 9.59 Å². The molecule has 0 bridgehead atoms. The van der Waals surface area contributed by atoms with Crippen LogP contribution in [0.15, 0.2) is 60.7 Å². The molecule has 0 saturated heterocycles. The molecule has 0 saturated carbocycles. The van der Waals surface area contributed by atoms with E-state index in [-0.39, 0.29) is 24.9 Å². The Bertz CT molecular complexity index is 988. The van der Waals surface area contributed by atoms with Gasteiger partial charge in [-0.05, 0) is 43.5 Å². The van der Waals surface area contributed by atoms with Gasteiger partial charge in [-0.2, -0.15) is 0 Å². The molecule has 28 heavy (non-hydrogen) atoms. The van der Waals surface area contributed by atoms with Gasteiger partial charge in [-0.3, -0.25) is 14.5 Å². The van der Waals surface area contributed by atoms with Gasteiger partial charge in [0.2, 0.25) is 11.8 Å². The molecule has 0 fully saturated rings. The van der Waals surface area contributed by atoms with E-state index < -0.39 is 0 Å². The second kappa shape index (κ2) is 8.67. The van der Waals surface area contributed by atoms with E-state index in [0.29, 0.717) is 0 Å². The molecule has 0 unspecified atom stereocenters. The van der Waals surface area contributed by atoms with E-state index in [1.807, 2.05) is 74.5 Å². The van der Waals surface area contributed by atoms with Gasteiger partial charge in [-0.15, -0.1) is 0 Å². The van der Waals surface area contributed by atoms with Crippen LogP contribution in [0.25, 0.3) is 10.8 Å². The summed E-state index contributed by atoms with van der Waals surface area (Å²) in [7, 11) is 1.76. The largest absolute Gasteiger partial charge is 0.324 e. The van der Waals surface area contributed by atoms with Gasteiger partial charge in [0.15, 0.2) is 0 Å². The van der Waals surface area contributed by atoms with Crippen LogP contribution in [0.3, 0.4) is 0 Å². The lowest BCUT2D eigenvalue weighted by Crippen LogP contribution is -2.36. The molecule has 0 aliphatic heterocycles. The number of carbonyl (C=O) groups is 2. The number of nitrogens with zero attached hydrogens (tertiary/aromatic N) is 1. The summed E-state index contributed by atoms with van der Waals surface area (Å²) in [5, 5.41) is 7.95. The zero-order chi connectivity index (χ0) is 20.1. The highest BCUT2D eigenvalue weighted by Gasteiger charge is 2.13. The normalized spacial score (nSPS) is 10.9. The van der Waals surface area contributed by atoms with Gasteiger partial charge in [0.25, 0.3) is 0 Å². The van der Waals surface area contributed by atoms with Crippen molar-refractivity contribution in [1.82, 2.24) is 4.90 Å². The fourth-order valence-electron chi connectivity index (χ4n) is 3.26. The number of amides is 2. The van der Waals surface area contributed by atoms with Gasteiger partial charge in [-0.1, -0.05) is 54.6 Å². The number of anilines is 2. The highest BCUT2D eigenvalue weighted by molar-refractivity contribution is 6.03. The monoisotopic (exact) mass is 375 g/mol. The Morgan fingerprint density at radius 1 is 0.786 bits per heavy atom. The summed E-state index contributed by atoms with van der Waals surface area (Å²) < 4.78 is 0. The minimum absolute atomic E-state index is 0.128. The smallest absolute Gasteiger partial charge is 0.238 e. The highest BCUT2D eigenvalue weighted by Crippen LogP contribution is 2.23. The lowest BCUT2D eigenvalue weighted by molar-refractivity contribution is -0.119. The molecule has 2 amide bonds. The fourth-order valence-corrected chi connectivity index (χ4v) is 3.26. The minimum atomic E-state index is -0.154. The summed E-state index contributed by atoms with van der Waals surface area (Å²) in [5.74, 6) is -0.295. The van der Waals surface area contributed by atoms with Crippen molar-refractivity contribution in [3.05, 3.63) is 71.8 Å². The molecular formula is C23H25N3O2. The maximum atomic E-state index is 12.4. The van der Waals surface area contributed by atoms with Crippen LogP contribution in [-0.4, -0.2) is 36.9 Å². The number of likely N-dealkylation sites (N-methyl/N-ethyl adjacent to an activating group) is 1. The number of benzene rings is 3. The van der Waals surface area contributed by atoms with Crippen molar-refractivity contribution < 1.29 is 9.59 Å². The van der Waals surface area contributed by atoms with Crippen molar-refractivity contribution in [2.24, 2.45) is 0 Å². The third kappa shape index (κ3) is 4.75. The van der Waals surface area contributed by atoms with Crippen LogP contribution in [0.1, 0.15) is 11.1 Å². The first kappa shape index (κ1) is 19.6. The van der Waals surface area contributed by atoms with Gasteiger partial charge in [0.05, 0.1) is 13.1 Å². The topological polar surface area (TPSA) is 61.4 Å². The number of rotatable bonds is 6. The van der Waals surface area contributed by atoms with Gasteiger partial charge < -0.3 is 10.6 Å². The van der Waals surface area contributed by atoms with Crippen LogP contribution in [0, 0.1) is 13.8 Å². The van der Waals surface area contributed by atoms with Crippen molar-refractivity contribution in [2.75, 3.05) is 30.8 Å². The van der Waals surface area contributed by atoms with E-state index in [9.17, 15) is 9.59 Å². The Labute approximate surface area is 165 Å². The van der Waals surface area contributed by atoms with Crippen molar-refractivity contribution >= 4 is 34.0 Å². The highest BCUT2D eigenvalue weighted by atomic mass is 16.2. The van der Waals surface area contributed by atoms with Crippen molar-refractivity contribution in [3.8, 4) is 0 Å². The molecule has 5 heteroatoms. The zero-order valence-corrected chi connectivity index (χ0v) is 16.5. The Balaban J connectivity index is 1.57. The van der Waals surface area contributed by atoms with Gasteiger partial charge in [0.1, 0.15) is 0 Å². The lowest BCUT2D eigenvalue weighted by atomic mass is 10.1. The maximum Gasteiger partial charge on any atom is 0.238 e. The summed E-state index contributed by atoms with van der Waals surface area (Å²) in [6.45, 7) is 4.19. The first-order valence-electron chi connectivity index (χ1n) is 9.26. The van der Waals surface area contributed by atoms with E-state index in [2.05, 4.69) is 10.6 Å². The second-order valence-electron chi connectivity index (χ2n) is 7.06. The number of fused-ring (bicyclic) bond motifs is 1. The van der Waals surface area contributed by atoms with Gasteiger partial charge in [-0.25, -0.2) is 0 Å². The first-order chi connectivity index (χ1) is 13.4. The molecule has 0 aliphatic rings. The molecule has 0 aliphatic carbocycles. The Morgan fingerprint density at radius 3 is 2.07 bits per heavy atom. The molecule has 0 atom stereocenters. The summed E-state index contributed by atoms with van der Waals surface area (Å²) in [6.07, 6.45) is 0. The molecule has 3 aromatic carbocycles. The van der Waals surface area contributed by atoms with E-state index in [0.717, 1.165) is 33.3 Å². The maximum absolute atomic E-state index is 12.4. The second-order valence-corrected chi connectivity index (χ2v) is 7.06. The number of para-hydroxylation sites is 1. The number of aryl methyl sites for hydroxylation is 2. The SMILES string of the molecule is Cc1cccc(C)c1NC(=O)CN(C)CC(=O)Nc1cccc2ccccc12. The first-order valence-corrected chi connectivity index (χ1v) is 9.26. The molecule has 5 nitrogen and oxygen atoms in total. The quantitative estimate of drug-likeness (QED) is 0.685. The van der Waals surface area contributed by atoms with E-state index >= 15 is 0 Å². The minimum Gasteiger partial charge on any atom is -0.324 e. The average molecular weight is 375 g/mol. The molecule has 0 aromatic heterocycles. The summed E-state index contributed by atoms with van der Waals surface area (Å²) in [5.41, 5.74) is 3.65. The predicted octanol–water partition coefficient (Wildman–Crippen LogP) is 3.97. The number of carbonyl (C=O) groups excluding carboxylic acids is 2. The standard InChI is InChI=1S/C23H25N3O2/c1-16-8-6-9-17(2)23(16)25-22(28)15-26(3)14-21(27)24-20-13-7-11-18-10-4-5-12-19(18)20/h4-13H,14-15H2,1-3H3,(H,24,27)(H,25,28). The Morgan fingerprint density at radius 2 is 1.36 bits per heavy atom. The van der Waals surface area contributed by atoms with Crippen LogP contribution >= 0.6 is 0 Å². The molecule has 0 heterocycles. The van der Waals surface area contributed by atoms with Crippen LogP contribution in [0.4, 0.5) is 11.4 Å². The molecule has 144 valence electrons. The average Bonchev–Trinajstić information content (AvgIpc) is 2.65. The van der Waals surface area contributed by atoms with Crippen molar-refractivity contribution in [2.45, 2.75) is 13.8 Å². The molecule has 0 spiro atoms. The fraction of sp³-hybridized carbons (Fsp3) is 0.217. The Hall–Kier alpha value is -3.18. The number of hydrogen-bond acceptors (Lipinski definition) is 3. The molecule has 2 N–H and O–H groups in total. The summed E-state index contributed by atoms with van der Waals surface area (Å²) >= 11 is 0. The number of hydrogen-bond donors (Lipinski definition) is 2. The predicted molar refractivity (Wildman–Crippen MR) is 115 cm³/mol. The van der Waals surface area contributed by atoms with E-state index in [1.54, 1.807) is 11.9 Å². The van der Waals surface area contributed by atoms with Crippen molar-refractivity contribution in [1.29, 1.82) is 0 Å². The van der Waals surface area contributed by atoms with E-state index in [1.165, 1.54) is 0 Å². The van der Waals surface area contributed by atoms with Gasteiger partial charge >= 0.3 is 0 Å². The van der Waals surface area contributed by atoms with Gasteiger partial charge in [0, 0.05) is 16.8 Å². The third-order valence-electron chi connectivity index (χ3n) is 4.64. The molecule has 3 rings (SSSR count). The third-order valence-corrected chi connectivity index (χ3v) is 4.64.